The number of amides is 2. The number of carbonyl (C=O) groups excluding carboxylic acids is 2. The van der Waals surface area contributed by atoms with Crippen molar-refractivity contribution < 1.29 is 9.59 Å². The summed E-state index contributed by atoms with van der Waals surface area (Å²) in [4.78, 5) is 32.9. The highest BCUT2D eigenvalue weighted by molar-refractivity contribution is 7.13. The van der Waals surface area contributed by atoms with Gasteiger partial charge in [-0.3, -0.25) is 14.5 Å². The maximum atomic E-state index is 12.2. The summed E-state index contributed by atoms with van der Waals surface area (Å²) in [6.45, 7) is 3.06. The number of thiazole rings is 1. The van der Waals surface area contributed by atoms with E-state index in [0.717, 1.165) is 4.88 Å². The Labute approximate surface area is 136 Å². The SMILES string of the molecule is O=C(CN1CCN(C(=O)c2cccs2)CC1)Nc1nccs1. The van der Waals surface area contributed by atoms with E-state index in [0.29, 0.717) is 37.9 Å². The van der Waals surface area contributed by atoms with Crippen molar-refractivity contribution >= 4 is 39.6 Å². The first-order chi connectivity index (χ1) is 10.7. The lowest BCUT2D eigenvalue weighted by atomic mass is 10.3. The van der Waals surface area contributed by atoms with Gasteiger partial charge in [0.25, 0.3) is 5.91 Å². The maximum Gasteiger partial charge on any atom is 0.264 e. The Balaban J connectivity index is 1.45. The molecule has 0 spiro atoms. The lowest BCUT2D eigenvalue weighted by Gasteiger charge is -2.34. The molecule has 1 N–H and O–H groups in total. The largest absolute Gasteiger partial charge is 0.335 e. The molecular formula is C14H16N4O2S2. The van der Waals surface area contributed by atoms with E-state index >= 15 is 0 Å². The van der Waals surface area contributed by atoms with E-state index in [-0.39, 0.29) is 11.8 Å². The van der Waals surface area contributed by atoms with Crippen LogP contribution in [0.3, 0.4) is 0 Å². The third kappa shape index (κ3) is 3.70. The second kappa shape index (κ2) is 6.99. The standard InChI is InChI=1S/C14H16N4O2S2/c19-12(16-14-15-3-9-22-14)10-17-4-6-18(7-5-17)13(20)11-2-1-8-21-11/h1-3,8-9H,4-7,10H2,(H,15,16,19). The van der Waals surface area contributed by atoms with Crippen molar-refractivity contribution in [2.24, 2.45) is 0 Å². The van der Waals surface area contributed by atoms with Crippen LogP contribution in [-0.4, -0.2) is 59.3 Å². The van der Waals surface area contributed by atoms with Gasteiger partial charge in [0.1, 0.15) is 0 Å². The molecule has 116 valence electrons. The number of nitrogens with one attached hydrogen (secondary N) is 1. The summed E-state index contributed by atoms with van der Waals surface area (Å²) in [7, 11) is 0. The van der Waals surface area contributed by atoms with Gasteiger partial charge in [0.05, 0.1) is 11.4 Å². The fourth-order valence-corrected chi connectivity index (χ4v) is 3.55. The van der Waals surface area contributed by atoms with Crippen molar-refractivity contribution in [1.29, 1.82) is 0 Å². The van der Waals surface area contributed by atoms with Crippen LogP contribution in [0, 0.1) is 0 Å². The van der Waals surface area contributed by atoms with Gasteiger partial charge in [-0.25, -0.2) is 4.98 Å². The number of thiophene rings is 1. The first kappa shape index (κ1) is 15.1. The molecule has 6 nitrogen and oxygen atoms in total. The topological polar surface area (TPSA) is 65.5 Å². The zero-order chi connectivity index (χ0) is 15.4. The minimum Gasteiger partial charge on any atom is -0.335 e. The second-order valence-corrected chi connectivity index (χ2v) is 6.77. The number of aromatic nitrogens is 1. The third-order valence-electron chi connectivity index (χ3n) is 3.44. The van der Waals surface area contributed by atoms with Crippen LogP contribution in [-0.2, 0) is 4.79 Å². The van der Waals surface area contributed by atoms with Gasteiger partial charge in [0.2, 0.25) is 5.91 Å². The van der Waals surface area contributed by atoms with Gasteiger partial charge in [-0.15, -0.1) is 22.7 Å². The summed E-state index contributed by atoms with van der Waals surface area (Å²) in [5.41, 5.74) is 0. The Kier molecular flexibility index (Phi) is 4.81. The Bertz CT molecular complexity index is 619. The summed E-state index contributed by atoms with van der Waals surface area (Å²) >= 11 is 2.87. The molecule has 1 fully saturated rings. The lowest BCUT2D eigenvalue weighted by molar-refractivity contribution is -0.117. The third-order valence-corrected chi connectivity index (χ3v) is 4.98. The quantitative estimate of drug-likeness (QED) is 0.921. The van der Waals surface area contributed by atoms with E-state index in [1.807, 2.05) is 27.8 Å². The van der Waals surface area contributed by atoms with Crippen molar-refractivity contribution in [2.75, 3.05) is 38.0 Å². The predicted octanol–water partition coefficient (Wildman–Crippen LogP) is 1.60. The zero-order valence-electron chi connectivity index (χ0n) is 11.9. The number of anilines is 1. The van der Waals surface area contributed by atoms with Crippen molar-refractivity contribution in [3.8, 4) is 0 Å². The van der Waals surface area contributed by atoms with E-state index in [4.69, 9.17) is 0 Å². The van der Waals surface area contributed by atoms with Crippen molar-refractivity contribution in [3.63, 3.8) is 0 Å². The van der Waals surface area contributed by atoms with Gasteiger partial charge in [-0.1, -0.05) is 6.07 Å². The molecule has 0 aliphatic carbocycles. The van der Waals surface area contributed by atoms with Crippen molar-refractivity contribution in [2.45, 2.75) is 0 Å². The van der Waals surface area contributed by atoms with Crippen LogP contribution in [0.15, 0.2) is 29.1 Å². The molecule has 2 aromatic rings. The van der Waals surface area contributed by atoms with Gasteiger partial charge < -0.3 is 10.2 Å². The van der Waals surface area contributed by atoms with Gasteiger partial charge in [-0.2, -0.15) is 0 Å². The molecule has 2 amide bonds. The highest BCUT2D eigenvalue weighted by Gasteiger charge is 2.23. The van der Waals surface area contributed by atoms with E-state index in [1.54, 1.807) is 6.20 Å². The number of piperazine rings is 1. The van der Waals surface area contributed by atoms with Crippen molar-refractivity contribution in [3.05, 3.63) is 34.0 Å². The van der Waals surface area contributed by atoms with Crippen LogP contribution in [0.25, 0.3) is 0 Å². The summed E-state index contributed by atoms with van der Waals surface area (Å²) in [5, 5.41) is 7.13. The molecule has 0 bridgehead atoms. The predicted molar refractivity (Wildman–Crippen MR) is 87.4 cm³/mol. The van der Waals surface area contributed by atoms with Crippen LogP contribution in [0.2, 0.25) is 0 Å². The first-order valence-electron chi connectivity index (χ1n) is 6.97. The average Bonchev–Trinajstić information content (AvgIpc) is 3.20. The number of carbonyl (C=O) groups is 2. The van der Waals surface area contributed by atoms with E-state index in [9.17, 15) is 9.59 Å². The molecule has 1 saturated heterocycles. The first-order valence-corrected chi connectivity index (χ1v) is 8.73. The number of hydrogen-bond donors (Lipinski definition) is 1. The van der Waals surface area contributed by atoms with Crippen LogP contribution < -0.4 is 5.32 Å². The Morgan fingerprint density at radius 3 is 2.64 bits per heavy atom. The molecule has 1 aliphatic rings. The zero-order valence-corrected chi connectivity index (χ0v) is 13.5. The van der Waals surface area contributed by atoms with Gasteiger partial charge in [-0.05, 0) is 11.4 Å². The minimum absolute atomic E-state index is 0.0621. The summed E-state index contributed by atoms with van der Waals surface area (Å²) in [6, 6.07) is 3.73. The average molecular weight is 336 g/mol. The second-order valence-electron chi connectivity index (χ2n) is 4.93. The molecule has 0 unspecified atom stereocenters. The monoisotopic (exact) mass is 336 g/mol. The van der Waals surface area contributed by atoms with Gasteiger partial charge in [0, 0.05) is 37.8 Å². The molecule has 3 rings (SSSR count). The molecule has 0 atom stereocenters. The van der Waals surface area contributed by atoms with Gasteiger partial charge >= 0.3 is 0 Å². The molecular weight excluding hydrogens is 320 g/mol. The van der Waals surface area contributed by atoms with Crippen LogP contribution in [0.1, 0.15) is 9.67 Å². The molecule has 8 heteroatoms. The normalized spacial score (nSPS) is 15.7. The maximum absolute atomic E-state index is 12.2. The fourth-order valence-electron chi connectivity index (χ4n) is 2.31. The van der Waals surface area contributed by atoms with E-state index in [1.165, 1.54) is 22.7 Å². The molecule has 22 heavy (non-hydrogen) atoms. The highest BCUT2D eigenvalue weighted by Crippen LogP contribution is 2.14. The summed E-state index contributed by atoms with van der Waals surface area (Å²) in [6.07, 6.45) is 1.66. The molecule has 1 aliphatic heterocycles. The molecule has 0 aromatic carbocycles. The summed E-state index contributed by atoms with van der Waals surface area (Å²) < 4.78 is 0. The Morgan fingerprint density at radius 1 is 1.18 bits per heavy atom. The lowest BCUT2D eigenvalue weighted by Crippen LogP contribution is -2.50. The molecule has 2 aromatic heterocycles. The Morgan fingerprint density at radius 2 is 2.00 bits per heavy atom. The van der Waals surface area contributed by atoms with E-state index < -0.39 is 0 Å². The smallest absolute Gasteiger partial charge is 0.264 e. The Hall–Kier alpha value is -1.77. The fraction of sp³-hybridized carbons (Fsp3) is 0.357. The summed E-state index contributed by atoms with van der Waals surface area (Å²) in [5.74, 6) is 0.0230. The van der Waals surface area contributed by atoms with Crippen LogP contribution >= 0.6 is 22.7 Å². The number of rotatable bonds is 4. The van der Waals surface area contributed by atoms with Crippen molar-refractivity contribution in [1.82, 2.24) is 14.8 Å². The molecule has 0 saturated carbocycles. The highest BCUT2D eigenvalue weighted by atomic mass is 32.1. The van der Waals surface area contributed by atoms with E-state index in [2.05, 4.69) is 15.2 Å². The molecule has 3 heterocycles. The van der Waals surface area contributed by atoms with Gasteiger partial charge in [0.15, 0.2) is 5.13 Å². The van der Waals surface area contributed by atoms with Crippen LogP contribution in [0.4, 0.5) is 5.13 Å². The van der Waals surface area contributed by atoms with Crippen LogP contribution in [0.5, 0.6) is 0 Å². The number of hydrogen-bond acceptors (Lipinski definition) is 6. The number of nitrogens with zero attached hydrogens (tertiary/aromatic N) is 3. The molecule has 0 radical (unpaired) electrons. The minimum atomic E-state index is -0.0621.